The van der Waals surface area contributed by atoms with Gasteiger partial charge in [0.2, 0.25) is 5.95 Å². The van der Waals surface area contributed by atoms with Gasteiger partial charge < -0.3 is 4.74 Å². The zero-order chi connectivity index (χ0) is 19.4. The molecule has 0 bridgehead atoms. The molecule has 3 rings (SSSR count). The molecule has 2 aromatic heterocycles. The smallest absolute Gasteiger partial charge is 0.315 e. The van der Waals surface area contributed by atoms with Gasteiger partial charge in [0.1, 0.15) is 11.7 Å². The lowest BCUT2D eigenvalue weighted by atomic mass is 9.95. The second-order valence-electron chi connectivity index (χ2n) is 5.70. The molecule has 0 N–H and O–H groups in total. The van der Waals surface area contributed by atoms with E-state index in [1.807, 2.05) is 0 Å². The molecule has 0 aliphatic rings. The van der Waals surface area contributed by atoms with Crippen LogP contribution in [0.1, 0.15) is 24.1 Å². The lowest BCUT2D eigenvalue weighted by Gasteiger charge is -2.18. The fraction of sp³-hybridized carbons (Fsp3) is 0.211. The van der Waals surface area contributed by atoms with Crippen LogP contribution in [0, 0.1) is 11.8 Å². The van der Waals surface area contributed by atoms with Crippen LogP contribution in [0.15, 0.2) is 48.7 Å². The Morgan fingerprint density at radius 2 is 2.00 bits per heavy atom. The van der Waals surface area contributed by atoms with Crippen molar-refractivity contribution in [1.29, 1.82) is 0 Å². The van der Waals surface area contributed by atoms with Gasteiger partial charge in [0, 0.05) is 16.8 Å². The molecule has 3 aromatic rings. The summed E-state index contributed by atoms with van der Waals surface area (Å²) in [4.78, 5) is 16.4. The van der Waals surface area contributed by atoms with Crippen molar-refractivity contribution in [3.8, 4) is 5.82 Å². The summed E-state index contributed by atoms with van der Waals surface area (Å²) < 4.78 is 34.3. The van der Waals surface area contributed by atoms with Gasteiger partial charge in [-0.05, 0) is 43.7 Å². The first-order chi connectivity index (χ1) is 13.0. The van der Waals surface area contributed by atoms with E-state index in [-0.39, 0.29) is 29.4 Å². The van der Waals surface area contributed by atoms with Crippen molar-refractivity contribution < 1.29 is 18.3 Å². The number of rotatable bonds is 6. The average Bonchev–Trinajstić information content (AvgIpc) is 3.11. The number of aromatic nitrogens is 3. The molecule has 1 aromatic carbocycles. The van der Waals surface area contributed by atoms with Gasteiger partial charge in [-0.2, -0.15) is 9.49 Å². The van der Waals surface area contributed by atoms with Gasteiger partial charge in [-0.25, -0.2) is 14.1 Å². The monoisotopic (exact) mass is 391 g/mol. The molecule has 0 aliphatic heterocycles. The third kappa shape index (κ3) is 4.14. The van der Waals surface area contributed by atoms with E-state index in [2.05, 4.69) is 10.1 Å². The maximum Gasteiger partial charge on any atom is 0.315 e. The van der Waals surface area contributed by atoms with E-state index in [4.69, 9.17) is 16.3 Å². The highest BCUT2D eigenvalue weighted by molar-refractivity contribution is 6.31. The quantitative estimate of drug-likeness (QED) is 0.469. The first kappa shape index (κ1) is 19.0. The summed E-state index contributed by atoms with van der Waals surface area (Å²) in [6.07, 6.45) is 1.42. The summed E-state index contributed by atoms with van der Waals surface area (Å²) in [5, 5.41) is 4.34. The molecule has 0 amide bonds. The molecule has 0 saturated heterocycles. The van der Waals surface area contributed by atoms with Gasteiger partial charge in [0.25, 0.3) is 0 Å². The van der Waals surface area contributed by atoms with Gasteiger partial charge in [0.05, 0.1) is 12.3 Å². The number of halogens is 3. The van der Waals surface area contributed by atoms with Crippen molar-refractivity contribution in [3.63, 3.8) is 0 Å². The predicted octanol–water partition coefficient (Wildman–Crippen LogP) is 4.09. The zero-order valence-electron chi connectivity index (χ0n) is 14.4. The van der Waals surface area contributed by atoms with Crippen molar-refractivity contribution in [2.24, 2.45) is 0 Å². The van der Waals surface area contributed by atoms with Crippen LogP contribution in [0.3, 0.4) is 0 Å². The Morgan fingerprint density at radius 3 is 2.70 bits per heavy atom. The number of pyridine rings is 1. The third-order valence-electron chi connectivity index (χ3n) is 3.99. The highest BCUT2D eigenvalue weighted by Gasteiger charge is 2.28. The van der Waals surface area contributed by atoms with E-state index in [9.17, 15) is 13.6 Å². The number of esters is 1. The fourth-order valence-electron chi connectivity index (χ4n) is 2.77. The van der Waals surface area contributed by atoms with E-state index < -0.39 is 23.7 Å². The Morgan fingerprint density at radius 1 is 1.22 bits per heavy atom. The summed E-state index contributed by atoms with van der Waals surface area (Å²) >= 11 is 6.12. The van der Waals surface area contributed by atoms with Gasteiger partial charge >= 0.3 is 5.97 Å². The molecule has 27 heavy (non-hydrogen) atoms. The Hall–Kier alpha value is -2.80. The SMILES string of the molecule is CCOC(=O)[C@@H](Cc1c(F)cccc1Cl)c1ccnn1-c1cccc(F)n1. The molecule has 0 radical (unpaired) electrons. The first-order valence-electron chi connectivity index (χ1n) is 8.27. The molecule has 0 aliphatic carbocycles. The number of nitrogens with zero attached hydrogens (tertiary/aromatic N) is 3. The molecule has 5 nitrogen and oxygen atoms in total. The van der Waals surface area contributed by atoms with E-state index in [0.29, 0.717) is 5.69 Å². The maximum atomic E-state index is 14.3. The molecule has 2 heterocycles. The van der Waals surface area contributed by atoms with Gasteiger partial charge in [-0.3, -0.25) is 4.79 Å². The third-order valence-corrected chi connectivity index (χ3v) is 4.34. The molecular weight excluding hydrogens is 376 g/mol. The number of carbonyl (C=O) groups is 1. The van der Waals surface area contributed by atoms with Crippen molar-refractivity contribution in [1.82, 2.24) is 14.8 Å². The van der Waals surface area contributed by atoms with Crippen molar-refractivity contribution in [2.45, 2.75) is 19.3 Å². The van der Waals surface area contributed by atoms with Crippen LogP contribution in [-0.2, 0) is 16.0 Å². The number of benzene rings is 1. The van der Waals surface area contributed by atoms with Crippen LogP contribution >= 0.6 is 11.6 Å². The number of hydrogen-bond donors (Lipinski definition) is 0. The lowest BCUT2D eigenvalue weighted by Crippen LogP contribution is -2.22. The van der Waals surface area contributed by atoms with Crippen LogP contribution in [0.2, 0.25) is 5.02 Å². The topological polar surface area (TPSA) is 57.0 Å². The van der Waals surface area contributed by atoms with Crippen LogP contribution in [-0.4, -0.2) is 27.3 Å². The Labute approximate surface area is 159 Å². The molecule has 0 unspecified atom stereocenters. The summed E-state index contributed by atoms with van der Waals surface area (Å²) in [5.41, 5.74) is 0.586. The summed E-state index contributed by atoms with van der Waals surface area (Å²) in [7, 11) is 0. The van der Waals surface area contributed by atoms with Crippen molar-refractivity contribution >= 4 is 17.6 Å². The molecular formula is C19H16ClF2N3O2. The summed E-state index contributed by atoms with van der Waals surface area (Å²) in [6.45, 7) is 1.84. The average molecular weight is 392 g/mol. The van der Waals surface area contributed by atoms with Crippen molar-refractivity contribution in [2.75, 3.05) is 6.61 Å². The highest BCUT2D eigenvalue weighted by Crippen LogP contribution is 2.29. The number of hydrogen-bond acceptors (Lipinski definition) is 4. The highest BCUT2D eigenvalue weighted by atomic mass is 35.5. The van der Waals surface area contributed by atoms with E-state index in [1.165, 1.54) is 35.1 Å². The Balaban J connectivity index is 2.05. The van der Waals surface area contributed by atoms with Crippen LogP contribution in [0.4, 0.5) is 8.78 Å². The summed E-state index contributed by atoms with van der Waals surface area (Å²) in [5.74, 6) is -2.46. The Kier molecular flexibility index (Phi) is 5.81. The lowest BCUT2D eigenvalue weighted by molar-refractivity contribution is -0.145. The Bertz CT molecular complexity index is 941. The summed E-state index contributed by atoms with van der Waals surface area (Å²) in [6, 6.07) is 10.1. The number of ether oxygens (including phenoxy) is 1. The van der Waals surface area contributed by atoms with Crippen LogP contribution in [0.25, 0.3) is 5.82 Å². The first-order valence-corrected chi connectivity index (χ1v) is 8.65. The molecule has 0 spiro atoms. The largest absolute Gasteiger partial charge is 0.465 e. The normalized spacial score (nSPS) is 12.0. The standard InChI is InChI=1S/C19H16ClF2N3O2/c1-2-27-19(26)13(11-12-14(20)5-3-6-15(12)21)16-9-10-23-25(16)18-8-4-7-17(22)24-18/h3-10,13H,2,11H2,1H3/t13-/m0/s1. The molecule has 0 fully saturated rings. The minimum Gasteiger partial charge on any atom is -0.465 e. The predicted molar refractivity (Wildman–Crippen MR) is 95.8 cm³/mol. The number of carbonyl (C=O) groups excluding carboxylic acids is 1. The van der Waals surface area contributed by atoms with E-state index in [1.54, 1.807) is 25.1 Å². The minimum absolute atomic E-state index is 0.0364. The molecule has 0 saturated carbocycles. The zero-order valence-corrected chi connectivity index (χ0v) is 15.2. The van der Waals surface area contributed by atoms with Gasteiger partial charge in [-0.15, -0.1) is 0 Å². The van der Waals surface area contributed by atoms with E-state index in [0.717, 1.165) is 0 Å². The second-order valence-corrected chi connectivity index (χ2v) is 6.10. The second kappa shape index (κ2) is 8.26. The van der Waals surface area contributed by atoms with Crippen LogP contribution < -0.4 is 0 Å². The minimum atomic E-state index is -0.896. The van der Waals surface area contributed by atoms with Crippen LogP contribution in [0.5, 0.6) is 0 Å². The van der Waals surface area contributed by atoms with Gasteiger partial charge in [0.15, 0.2) is 5.82 Å². The molecule has 1 atom stereocenters. The molecule has 8 heteroatoms. The van der Waals surface area contributed by atoms with Crippen molar-refractivity contribution in [3.05, 3.63) is 76.7 Å². The molecule has 140 valence electrons. The van der Waals surface area contributed by atoms with Gasteiger partial charge in [-0.1, -0.05) is 23.7 Å². The van der Waals surface area contributed by atoms with E-state index >= 15 is 0 Å². The maximum absolute atomic E-state index is 14.3. The fourth-order valence-corrected chi connectivity index (χ4v) is 3.01.